The van der Waals surface area contributed by atoms with E-state index in [0.29, 0.717) is 0 Å². The molecule has 0 unspecified atom stereocenters. The minimum absolute atomic E-state index is 1.12. The summed E-state index contributed by atoms with van der Waals surface area (Å²) in [5.74, 6) is 0. The van der Waals surface area contributed by atoms with Gasteiger partial charge in [-0.05, 0) is 127 Å². The Labute approximate surface area is 412 Å². The smallest absolute Gasteiger partial charge is 0.0641 e. The van der Waals surface area contributed by atoms with Crippen LogP contribution in [0.3, 0.4) is 0 Å². The van der Waals surface area contributed by atoms with Gasteiger partial charge in [0.05, 0.1) is 22.1 Å². The molecule has 0 atom stereocenters. The van der Waals surface area contributed by atoms with Crippen LogP contribution in [-0.2, 0) is 0 Å². The molecule has 11 aromatic carbocycles. The van der Waals surface area contributed by atoms with Crippen LogP contribution in [0.4, 0.5) is 0 Å². The Morgan fingerprint density at radius 2 is 0.600 bits per heavy atom. The van der Waals surface area contributed by atoms with E-state index in [1.807, 2.05) is 0 Å². The Morgan fingerprint density at radius 1 is 0.214 bits per heavy atom. The molecule has 0 radical (unpaired) electrons. The Morgan fingerprint density at radius 3 is 1.09 bits per heavy atom. The molecule has 0 aliphatic heterocycles. The highest BCUT2D eigenvalue weighted by molar-refractivity contribution is 8.34. The van der Waals surface area contributed by atoms with Gasteiger partial charge in [-0.1, -0.05) is 164 Å². The first kappa shape index (κ1) is 41.9. The largest absolute Gasteiger partial charge is 0.309 e. The van der Waals surface area contributed by atoms with Crippen LogP contribution in [0, 0.1) is 0 Å². The Balaban J connectivity index is 1.19. The molecule has 0 bridgehead atoms. The topological polar surface area (TPSA) is 9.86 Å². The van der Waals surface area contributed by atoms with Crippen LogP contribution in [0.5, 0.6) is 0 Å². The lowest BCUT2D eigenvalue weighted by molar-refractivity contribution is 1.14. The number of nitrogens with zero attached hydrogens (tertiary/aromatic N) is 2. The Bertz CT molecular complexity index is 3770. The van der Waals surface area contributed by atoms with E-state index in [0.717, 1.165) is 16.9 Å². The SMILES string of the molecule is c1ccc(-n2c3ccccc3c3ccc4c(c5ccc(S(c6ccccc6)(c6ccccc6)c6ccccc6)cc5n4-c4cccc(S(c5ccccc5)(c5ccccc5)c5ccccc5)c4)c32)cc1. The summed E-state index contributed by atoms with van der Waals surface area (Å²) in [5.41, 5.74) is 7.00. The summed E-state index contributed by atoms with van der Waals surface area (Å²) in [4.78, 5) is 10.3. The number of para-hydroxylation sites is 2. The van der Waals surface area contributed by atoms with Crippen molar-refractivity contribution in [3.63, 3.8) is 0 Å². The molecule has 0 aliphatic rings. The summed E-state index contributed by atoms with van der Waals surface area (Å²) in [7, 11) is -3.99. The van der Waals surface area contributed by atoms with Crippen molar-refractivity contribution in [1.82, 2.24) is 9.13 Å². The molecule has 0 aliphatic carbocycles. The van der Waals surface area contributed by atoms with Gasteiger partial charge in [0.15, 0.2) is 0 Å². The second kappa shape index (κ2) is 17.4. The quantitative estimate of drug-likeness (QED) is 0.129. The third-order valence-corrected chi connectivity index (χ3v) is 21.7. The number of fused-ring (bicyclic) bond motifs is 7. The summed E-state index contributed by atoms with van der Waals surface area (Å²) >= 11 is 0. The fourth-order valence-electron chi connectivity index (χ4n) is 11.0. The minimum atomic E-state index is -2.01. The van der Waals surface area contributed by atoms with Gasteiger partial charge in [0.25, 0.3) is 0 Å². The van der Waals surface area contributed by atoms with Crippen molar-refractivity contribution in [3.05, 3.63) is 291 Å². The monoisotopic (exact) mass is 932 g/mol. The molecule has 13 aromatic rings. The first-order chi connectivity index (χ1) is 34.8. The van der Waals surface area contributed by atoms with Gasteiger partial charge in [-0.3, -0.25) is 0 Å². The van der Waals surface area contributed by atoms with E-state index in [9.17, 15) is 0 Å². The molecule has 334 valence electrons. The van der Waals surface area contributed by atoms with E-state index in [-0.39, 0.29) is 0 Å². The van der Waals surface area contributed by atoms with Gasteiger partial charge in [0.1, 0.15) is 0 Å². The van der Waals surface area contributed by atoms with Crippen LogP contribution < -0.4 is 0 Å². The number of benzene rings is 11. The molecule has 13 rings (SSSR count). The lowest BCUT2D eigenvalue weighted by atomic mass is 10.1. The highest BCUT2D eigenvalue weighted by atomic mass is 32.3. The average molecular weight is 933 g/mol. The molecule has 0 saturated carbocycles. The van der Waals surface area contributed by atoms with E-state index < -0.39 is 20.1 Å². The van der Waals surface area contributed by atoms with Crippen molar-refractivity contribution >= 4 is 63.7 Å². The highest BCUT2D eigenvalue weighted by Gasteiger charge is 2.36. The first-order valence-electron chi connectivity index (χ1n) is 23.9. The van der Waals surface area contributed by atoms with E-state index >= 15 is 0 Å². The van der Waals surface area contributed by atoms with Gasteiger partial charge in [-0.2, -0.15) is 0 Å². The number of hydrogen-bond acceptors (Lipinski definition) is 0. The summed E-state index contributed by atoms with van der Waals surface area (Å²) in [6, 6.07) is 109. The van der Waals surface area contributed by atoms with Crippen molar-refractivity contribution in [2.24, 2.45) is 0 Å². The van der Waals surface area contributed by atoms with E-state index in [2.05, 4.69) is 300 Å². The molecule has 0 N–H and O–H groups in total. The minimum Gasteiger partial charge on any atom is -0.309 e. The molecule has 2 heterocycles. The van der Waals surface area contributed by atoms with Crippen LogP contribution in [0.15, 0.2) is 330 Å². The number of hydrogen-bond donors (Lipinski definition) is 0. The maximum absolute atomic E-state index is 2.57. The second-order valence-corrected chi connectivity index (χ2v) is 23.9. The summed E-state index contributed by atoms with van der Waals surface area (Å²) in [6.45, 7) is 0. The van der Waals surface area contributed by atoms with E-state index in [1.165, 1.54) is 77.3 Å². The van der Waals surface area contributed by atoms with Gasteiger partial charge < -0.3 is 9.13 Å². The van der Waals surface area contributed by atoms with Gasteiger partial charge >= 0.3 is 0 Å². The van der Waals surface area contributed by atoms with Crippen LogP contribution in [0.1, 0.15) is 0 Å². The summed E-state index contributed by atoms with van der Waals surface area (Å²) in [6.07, 6.45) is 0. The molecule has 2 nitrogen and oxygen atoms in total. The number of aromatic nitrogens is 2. The maximum atomic E-state index is 2.57. The van der Waals surface area contributed by atoms with Crippen molar-refractivity contribution in [1.29, 1.82) is 0 Å². The van der Waals surface area contributed by atoms with E-state index in [1.54, 1.807) is 0 Å². The third kappa shape index (κ3) is 6.45. The predicted octanol–water partition coefficient (Wildman–Crippen LogP) is 18.6. The molecule has 0 spiro atoms. The van der Waals surface area contributed by atoms with E-state index in [4.69, 9.17) is 0 Å². The van der Waals surface area contributed by atoms with Crippen LogP contribution in [0.2, 0.25) is 0 Å². The predicted molar refractivity (Wildman–Crippen MR) is 295 cm³/mol. The normalized spacial score (nSPS) is 12.5. The lowest BCUT2D eigenvalue weighted by Gasteiger charge is -2.42. The third-order valence-electron chi connectivity index (χ3n) is 13.9. The molecule has 70 heavy (non-hydrogen) atoms. The Kier molecular flexibility index (Phi) is 10.4. The van der Waals surface area contributed by atoms with Crippen molar-refractivity contribution in [2.75, 3.05) is 0 Å². The highest BCUT2D eigenvalue weighted by Crippen LogP contribution is 2.75. The van der Waals surface area contributed by atoms with Crippen molar-refractivity contribution < 1.29 is 0 Å². The number of rotatable bonds is 10. The van der Waals surface area contributed by atoms with Gasteiger partial charge in [0.2, 0.25) is 0 Å². The first-order valence-corrected chi connectivity index (χ1v) is 27.2. The molecule has 4 heteroatoms. The maximum Gasteiger partial charge on any atom is 0.0641 e. The summed E-state index contributed by atoms with van der Waals surface area (Å²) < 4.78 is 5.06. The van der Waals surface area contributed by atoms with Crippen LogP contribution in [-0.4, -0.2) is 9.13 Å². The zero-order valence-electron chi connectivity index (χ0n) is 38.4. The molecule has 2 aromatic heterocycles. The fraction of sp³-hybridized carbons (Fsp3) is 0. The van der Waals surface area contributed by atoms with Crippen molar-refractivity contribution in [3.8, 4) is 11.4 Å². The molecular formula is C66H48N2S2. The van der Waals surface area contributed by atoms with Gasteiger partial charge in [-0.25, -0.2) is 0 Å². The zero-order valence-corrected chi connectivity index (χ0v) is 40.1. The Hall–Kier alpha value is -8.28. The van der Waals surface area contributed by atoms with Gasteiger partial charge in [0, 0.05) is 72.1 Å². The zero-order chi connectivity index (χ0) is 46.5. The average Bonchev–Trinajstić information content (AvgIpc) is 3.96. The molecule has 0 fully saturated rings. The summed E-state index contributed by atoms with van der Waals surface area (Å²) in [5, 5.41) is 4.93. The van der Waals surface area contributed by atoms with Crippen LogP contribution in [0.25, 0.3) is 55.0 Å². The second-order valence-electron chi connectivity index (χ2n) is 17.7. The lowest BCUT2D eigenvalue weighted by Crippen LogP contribution is -2.06. The molecular weight excluding hydrogens is 885 g/mol. The van der Waals surface area contributed by atoms with Crippen LogP contribution >= 0.6 is 20.1 Å². The van der Waals surface area contributed by atoms with Crippen molar-refractivity contribution in [2.45, 2.75) is 39.2 Å². The fourth-order valence-corrected chi connectivity index (χ4v) is 18.8. The molecule has 0 saturated heterocycles. The molecule has 0 amide bonds. The standard InChI is InChI=1S/C66H48N2S2/c1-8-25-49(26-9-1)68-62-42-23-22-41-59(62)60-45-46-63-65(66(60)68)61-44-43-58(70(54-34-16-5-17-35-54,55-36-18-6-19-37-55)56-38-20-7-21-39-56)48-64(61)67(63)50-27-24-40-57(47-50)69(51-28-10-2-11-29-51,52-30-12-3-13-31-52)53-32-14-4-15-33-53/h1-48H. The van der Waals surface area contributed by atoms with Gasteiger partial charge in [-0.15, -0.1) is 20.1 Å².